The van der Waals surface area contributed by atoms with Gasteiger partial charge in [0.05, 0.1) is 37.3 Å². The Morgan fingerprint density at radius 2 is 1.62 bits per heavy atom. The summed E-state index contributed by atoms with van der Waals surface area (Å²) >= 11 is 13.2. The van der Waals surface area contributed by atoms with E-state index >= 15 is 0 Å². The third-order valence-corrected chi connectivity index (χ3v) is 9.65. The smallest absolute Gasteiger partial charge is 0.270 e. The lowest BCUT2D eigenvalue weighted by atomic mass is 10.2. The zero-order valence-corrected chi connectivity index (χ0v) is 23.8. The van der Waals surface area contributed by atoms with Gasteiger partial charge in [-0.25, -0.2) is 25.8 Å². The van der Waals surface area contributed by atoms with Crippen molar-refractivity contribution in [3.8, 4) is 0 Å². The van der Waals surface area contributed by atoms with Crippen molar-refractivity contribution >= 4 is 77.5 Å². The summed E-state index contributed by atoms with van der Waals surface area (Å²) in [6.45, 7) is 3.62. The number of halogens is 2. The van der Waals surface area contributed by atoms with Gasteiger partial charge in [-0.15, -0.1) is 0 Å². The van der Waals surface area contributed by atoms with Crippen LogP contribution in [0.3, 0.4) is 0 Å². The van der Waals surface area contributed by atoms with Crippen LogP contribution in [-0.2, 0) is 24.7 Å². The Balaban J connectivity index is 1.66. The first-order chi connectivity index (χ1) is 17.3. The minimum Gasteiger partial charge on any atom is -0.324 e. The summed E-state index contributed by atoms with van der Waals surface area (Å²) in [6.07, 6.45) is 1.05. The Morgan fingerprint density at radius 3 is 2.24 bits per heavy atom. The van der Waals surface area contributed by atoms with Crippen LogP contribution in [0.25, 0.3) is 11.0 Å². The number of aryl methyl sites for hydroxylation is 2. The molecule has 0 radical (unpaired) electrons. The van der Waals surface area contributed by atoms with E-state index in [1.807, 2.05) is 19.9 Å². The van der Waals surface area contributed by atoms with Crippen LogP contribution in [0, 0.1) is 13.8 Å². The SMILES string of the molecule is Cc1cc(C)cc(S(=O)(=O)n2c(SCC(=O)Nc3ccc(S(C)(=O)=O)cc3Cl)nc3ccc(Cl)cc32)c1. The Hall–Kier alpha value is -2.57. The van der Waals surface area contributed by atoms with E-state index in [2.05, 4.69) is 10.3 Å². The third-order valence-electron chi connectivity index (χ3n) is 5.25. The van der Waals surface area contributed by atoms with E-state index in [4.69, 9.17) is 23.2 Å². The highest BCUT2D eigenvalue weighted by Gasteiger charge is 2.26. The average molecular weight is 599 g/mol. The fraction of sp³-hybridized carbons (Fsp3) is 0.167. The first-order valence-corrected chi connectivity index (χ1v) is 15.8. The van der Waals surface area contributed by atoms with Crippen LogP contribution in [0.15, 0.2) is 69.5 Å². The molecular formula is C24H21Cl2N3O5S3. The number of aromatic nitrogens is 2. The molecule has 0 aliphatic rings. The van der Waals surface area contributed by atoms with E-state index in [0.29, 0.717) is 10.5 Å². The van der Waals surface area contributed by atoms with Crippen molar-refractivity contribution in [1.82, 2.24) is 8.96 Å². The molecule has 3 aromatic carbocycles. The van der Waals surface area contributed by atoms with Crippen LogP contribution < -0.4 is 5.32 Å². The van der Waals surface area contributed by atoms with Crippen molar-refractivity contribution in [2.24, 2.45) is 0 Å². The maximum absolute atomic E-state index is 13.7. The molecule has 0 fully saturated rings. The second-order valence-corrected chi connectivity index (χ2v) is 14.0. The molecule has 1 N–H and O–H groups in total. The zero-order chi connectivity index (χ0) is 27.1. The summed E-state index contributed by atoms with van der Waals surface area (Å²) in [7, 11) is -7.54. The lowest BCUT2D eigenvalue weighted by Gasteiger charge is -2.12. The second kappa shape index (κ2) is 10.3. The molecule has 0 spiro atoms. The zero-order valence-electron chi connectivity index (χ0n) is 19.8. The number of hydrogen-bond acceptors (Lipinski definition) is 7. The normalized spacial score (nSPS) is 12.1. The van der Waals surface area contributed by atoms with Crippen molar-refractivity contribution in [2.45, 2.75) is 28.8 Å². The molecule has 8 nitrogen and oxygen atoms in total. The maximum atomic E-state index is 13.7. The number of benzene rings is 3. The molecule has 1 aromatic heterocycles. The molecule has 0 saturated carbocycles. The minimum atomic E-state index is -4.08. The Morgan fingerprint density at radius 1 is 0.946 bits per heavy atom. The molecule has 0 saturated heterocycles. The summed E-state index contributed by atoms with van der Waals surface area (Å²) in [5, 5.41) is 3.10. The fourth-order valence-electron chi connectivity index (χ4n) is 3.66. The standard InChI is InChI=1S/C24H21Cl2N3O5S3/c1-14-8-15(2)10-18(9-14)37(33,34)29-22-11-16(25)4-6-21(22)28-24(29)35-13-23(30)27-20-7-5-17(12-19(20)26)36(3,31)32/h4-12H,13H2,1-3H3,(H,27,30). The number of amides is 1. The number of thioether (sulfide) groups is 1. The molecule has 1 amide bonds. The van der Waals surface area contributed by atoms with E-state index in [-0.39, 0.29) is 36.9 Å². The number of carbonyl (C=O) groups is 1. The Bertz CT molecular complexity index is 1750. The number of nitrogens with one attached hydrogen (secondary N) is 1. The third kappa shape index (κ3) is 5.96. The van der Waals surface area contributed by atoms with Crippen LogP contribution in [0.4, 0.5) is 5.69 Å². The number of rotatable bonds is 7. The largest absolute Gasteiger partial charge is 0.324 e. The summed E-state index contributed by atoms with van der Waals surface area (Å²) in [4.78, 5) is 17.2. The van der Waals surface area contributed by atoms with E-state index in [9.17, 15) is 21.6 Å². The first-order valence-electron chi connectivity index (χ1n) is 10.7. The average Bonchev–Trinajstić information content (AvgIpc) is 3.16. The van der Waals surface area contributed by atoms with Crippen LogP contribution in [0.5, 0.6) is 0 Å². The predicted molar refractivity (Wildman–Crippen MR) is 147 cm³/mol. The summed E-state index contributed by atoms with van der Waals surface area (Å²) in [5.74, 6) is -0.678. The number of hydrogen-bond donors (Lipinski definition) is 1. The van der Waals surface area contributed by atoms with Crippen molar-refractivity contribution in [1.29, 1.82) is 0 Å². The highest BCUT2D eigenvalue weighted by Crippen LogP contribution is 2.32. The van der Waals surface area contributed by atoms with E-state index in [0.717, 1.165) is 33.1 Å². The molecule has 1 heterocycles. The van der Waals surface area contributed by atoms with Crippen molar-refractivity contribution in [3.63, 3.8) is 0 Å². The van der Waals surface area contributed by atoms with Gasteiger partial charge in [-0.3, -0.25) is 4.79 Å². The van der Waals surface area contributed by atoms with E-state index in [1.165, 1.54) is 24.3 Å². The quantitative estimate of drug-likeness (QED) is 0.286. The number of nitrogens with zero attached hydrogens (tertiary/aromatic N) is 2. The number of fused-ring (bicyclic) bond motifs is 1. The highest BCUT2D eigenvalue weighted by molar-refractivity contribution is 8.00. The molecule has 0 atom stereocenters. The molecule has 4 rings (SSSR count). The molecule has 0 aliphatic heterocycles. The van der Waals surface area contributed by atoms with Crippen LogP contribution in [0.2, 0.25) is 10.0 Å². The number of carbonyl (C=O) groups excluding carboxylic acids is 1. The van der Waals surface area contributed by atoms with Gasteiger partial charge in [0.2, 0.25) is 5.91 Å². The molecule has 0 aliphatic carbocycles. The van der Waals surface area contributed by atoms with Gasteiger partial charge in [0, 0.05) is 11.3 Å². The molecular weight excluding hydrogens is 577 g/mol. The van der Waals surface area contributed by atoms with Crippen LogP contribution in [-0.4, -0.2) is 43.7 Å². The summed E-state index contributed by atoms with van der Waals surface area (Å²) < 4.78 is 52.0. The van der Waals surface area contributed by atoms with Gasteiger partial charge in [0.25, 0.3) is 10.0 Å². The molecule has 13 heteroatoms. The monoisotopic (exact) mass is 597 g/mol. The Labute approximate surface area is 229 Å². The fourth-order valence-corrected chi connectivity index (χ4v) is 7.46. The van der Waals surface area contributed by atoms with Gasteiger partial charge < -0.3 is 5.32 Å². The number of imidazole rings is 1. The topological polar surface area (TPSA) is 115 Å². The molecule has 0 bridgehead atoms. The number of anilines is 1. The maximum Gasteiger partial charge on any atom is 0.270 e. The predicted octanol–water partition coefficient (Wildman–Crippen LogP) is 5.33. The Kier molecular flexibility index (Phi) is 7.64. The van der Waals surface area contributed by atoms with Crippen LogP contribution >= 0.6 is 35.0 Å². The van der Waals surface area contributed by atoms with Crippen LogP contribution in [0.1, 0.15) is 11.1 Å². The first kappa shape index (κ1) is 27.5. The van der Waals surface area contributed by atoms with Gasteiger partial charge >= 0.3 is 0 Å². The minimum absolute atomic E-state index is 0.0221. The van der Waals surface area contributed by atoms with Gasteiger partial charge in [-0.1, -0.05) is 41.0 Å². The van der Waals surface area contributed by atoms with E-state index in [1.54, 1.807) is 24.3 Å². The molecule has 37 heavy (non-hydrogen) atoms. The molecule has 4 aromatic rings. The second-order valence-electron chi connectivity index (χ2n) is 8.37. The van der Waals surface area contributed by atoms with Gasteiger partial charge in [-0.05, 0) is 73.5 Å². The summed E-state index contributed by atoms with van der Waals surface area (Å²) in [5.41, 5.74) is 2.48. The highest BCUT2D eigenvalue weighted by atomic mass is 35.5. The lowest BCUT2D eigenvalue weighted by molar-refractivity contribution is -0.113. The van der Waals surface area contributed by atoms with Gasteiger partial charge in [-0.2, -0.15) is 0 Å². The molecule has 194 valence electrons. The molecule has 0 unspecified atom stereocenters. The number of sulfone groups is 1. The summed E-state index contributed by atoms with van der Waals surface area (Å²) in [6, 6.07) is 13.7. The van der Waals surface area contributed by atoms with Crippen molar-refractivity contribution in [2.75, 3.05) is 17.3 Å². The van der Waals surface area contributed by atoms with E-state index < -0.39 is 25.8 Å². The van der Waals surface area contributed by atoms with Gasteiger partial charge in [0.15, 0.2) is 15.0 Å². The van der Waals surface area contributed by atoms with Crippen molar-refractivity contribution in [3.05, 3.63) is 75.8 Å². The lowest BCUT2D eigenvalue weighted by Crippen LogP contribution is -2.17. The van der Waals surface area contributed by atoms with Gasteiger partial charge in [0.1, 0.15) is 0 Å². The van der Waals surface area contributed by atoms with Crippen molar-refractivity contribution < 1.29 is 21.6 Å².